The van der Waals surface area contributed by atoms with E-state index >= 15 is 0 Å². The molecule has 1 amide bonds. The van der Waals surface area contributed by atoms with Gasteiger partial charge in [-0.05, 0) is 80.4 Å². The van der Waals surface area contributed by atoms with Crippen LogP contribution < -0.4 is 5.32 Å². The van der Waals surface area contributed by atoms with Gasteiger partial charge in [0.25, 0.3) is 5.91 Å². The second-order valence-corrected chi connectivity index (χ2v) is 6.88. The van der Waals surface area contributed by atoms with Crippen molar-refractivity contribution < 1.29 is 4.79 Å². The first kappa shape index (κ1) is 15.6. The van der Waals surface area contributed by atoms with Crippen LogP contribution in [0.15, 0.2) is 29.2 Å². The van der Waals surface area contributed by atoms with Crippen LogP contribution in [-0.4, -0.2) is 15.6 Å². The van der Waals surface area contributed by atoms with Crippen molar-refractivity contribution in [3.8, 4) is 5.69 Å². The van der Waals surface area contributed by atoms with E-state index in [9.17, 15) is 4.79 Å². The summed E-state index contributed by atoms with van der Waals surface area (Å²) in [6.07, 6.45) is 1.86. The molecule has 0 atom stereocenters. The van der Waals surface area contributed by atoms with E-state index in [1.165, 1.54) is 22.9 Å². The number of carbonyl (C=O) groups excluding carboxylic acids is 1. The van der Waals surface area contributed by atoms with Crippen LogP contribution >= 0.6 is 11.8 Å². The zero-order valence-corrected chi connectivity index (χ0v) is 14.5. The summed E-state index contributed by atoms with van der Waals surface area (Å²) >= 11 is 1.17. The van der Waals surface area contributed by atoms with Gasteiger partial charge in [0.05, 0.1) is 4.91 Å². The van der Waals surface area contributed by atoms with Crippen LogP contribution in [0.2, 0.25) is 0 Å². The van der Waals surface area contributed by atoms with Crippen molar-refractivity contribution in [2.45, 2.75) is 27.7 Å². The Hall–Kier alpha value is -2.27. The Morgan fingerprint density at radius 1 is 1.13 bits per heavy atom. The molecule has 1 fully saturated rings. The predicted molar refractivity (Wildman–Crippen MR) is 96.2 cm³/mol. The summed E-state index contributed by atoms with van der Waals surface area (Å²) in [6.45, 7) is 8.34. The Bertz CT molecular complexity index is 861. The predicted octanol–water partition coefficient (Wildman–Crippen LogP) is 3.85. The largest absolute Gasteiger partial charge is 0.318 e. The number of hydrogen-bond donors (Lipinski definition) is 2. The molecule has 2 N–H and O–H groups in total. The van der Waals surface area contributed by atoms with Crippen LogP contribution in [0.4, 0.5) is 0 Å². The van der Waals surface area contributed by atoms with Gasteiger partial charge in [0.15, 0.2) is 5.17 Å². The SMILES string of the molecule is Cc1ccc(-n2c(C)cc(/C=C3\SC(=N)NC3=O)c2C)cc1C. The summed E-state index contributed by atoms with van der Waals surface area (Å²) < 4.78 is 2.20. The Labute approximate surface area is 140 Å². The molecule has 2 heterocycles. The smallest absolute Gasteiger partial charge is 0.264 e. The zero-order chi connectivity index (χ0) is 16.7. The number of thioether (sulfide) groups is 1. The number of aromatic nitrogens is 1. The number of hydrogen-bond acceptors (Lipinski definition) is 3. The molecule has 4 nitrogen and oxygen atoms in total. The number of nitrogens with zero attached hydrogens (tertiary/aromatic N) is 1. The minimum atomic E-state index is -0.198. The van der Waals surface area contributed by atoms with E-state index in [1.54, 1.807) is 0 Å². The summed E-state index contributed by atoms with van der Waals surface area (Å²) in [6, 6.07) is 8.50. The maximum atomic E-state index is 11.8. The number of amidine groups is 1. The molecule has 0 radical (unpaired) electrons. The molecular formula is C18H19N3OS. The monoisotopic (exact) mass is 325 g/mol. The fraction of sp³-hybridized carbons (Fsp3) is 0.222. The summed E-state index contributed by atoms with van der Waals surface area (Å²) in [5.74, 6) is -0.198. The van der Waals surface area contributed by atoms with Gasteiger partial charge >= 0.3 is 0 Å². The lowest BCUT2D eigenvalue weighted by Gasteiger charge is -2.11. The highest BCUT2D eigenvalue weighted by Crippen LogP contribution is 2.29. The molecule has 1 saturated heterocycles. The van der Waals surface area contributed by atoms with Crippen LogP contribution in [0.3, 0.4) is 0 Å². The highest BCUT2D eigenvalue weighted by molar-refractivity contribution is 8.18. The average Bonchev–Trinajstić information content (AvgIpc) is 2.93. The summed E-state index contributed by atoms with van der Waals surface area (Å²) in [4.78, 5) is 12.4. The Kier molecular flexibility index (Phi) is 3.90. The van der Waals surface area contributed by atoms with Gasteiger partial charge in [0.2, 0.25) is 0 Å². The van der Waals surface area contributed by atoms with E-state index in [2.05, 4.69) is 61.8 Å². The third-order valence-electron chi connectivity index (χ3n) is 4.17. The van der Waals surface area contributed by atoms with Crippen LogP contribution in [-0.2, 0) is 4.79 Å². The molecule has 0 spiro atoms. The van der Waals surface area contributed by atoms with E-state index < -0.39 is 0 Å². The minimum Gasteiger partial charge on any atom is -0.318 e. The van der Waals surface area contributed by atoms with Gasteiger partial charge in [-0.15, -0.1) is 0 Å². The second-order valence-electron chi connectivity index (χ2n) is 5.82. The van der Waals surface area contributed by atoms with Gasteiger partial charge in [-0.2, -0.15) is 0 Å². The second kappa shape index (κ2) is 5.74. The molecule has 0 aliphatic carbocycles. The van der Waals surface area contributed by atoms with E-state index in [1.807, 2.05) is 6.08 Å². The number of aryl methyl sites for hydroxylation is 3. The maximum Gasteiger partial charge on any atom is 0.264 e. The molecule has 0 unspecified atom stereocenters. The van der Waals surface area contributed by atoms with Crippen LogP contribution in [0.5, 0.6) is 0 Å². The molecule has 1 aromatic heterocycles. The summed E-state index contributed by atoms with van der Waals surface area (Å²) in [7, 11) is 0. The van der Waals surface area contributed by atoms with Crippen molar-refractivity contribution >= 4 is 28.9 Å². The van der Waals surface area contributed by atoms with E-state index in [-0.39, 0.29) is 11.1 Å². The molecular weight excluding hydrogens is 306 g/mol. The highest BCUT2D eigenvalue weighted by atomic mass is 32.2. The first-order valence-electron chi connectivity index (χ1n) is 7.43. The van der Waals surface area contributed by atoms with E-state index in [4.69, 9.17) is 5.41 Å². The minimum absolute atomic E-state index is 0.184. The summed E-state index contributed by atoms with van der Waals surface area (Å²) in [5.41, 5.74) is 6.88. The van der Waals surface area contributed by atoms with Gasteiger partial charge in [-0.1, -0.05) is 6.07 Å². The molecule has 5 heteroatoms. The molecule has 118 valence electrons. The van der Waals surface area contributed by atoms with Gasteiger partial charge in [0.1, 0.15) is 0 Å². The first-order chi connectivity index (χ1) is 10.9. The lowest BCUT2D eigenvalue weighted by molar-refractivity contribution is -0.115. The molecule has 0 saturated carbocycles. The van der Waals surface area contributed by atoms with E-state index in [0.717, 1.165) is 22.6 Å². The average molecular weight is 325 g/mol. The lowest BCUT2D eigenvalue weighted by atomic mass is 10.1. The molecule has 1 aromatic carbocycles. The van der Waals surface area contributed by atoms with Crippen LogP contribution in [0.1, 0.15) is 28.1 Å². The van der Waals surface area contributed by atoms with Crippen molar-refractivity contribution in [3.63, 3.8) is 0 Å². The van der Waals surface area contributed by atoms with Gasteiger partial charge < -0.3 is 9.88 Å². The standard InChI is InChI=1S/C18H19N3OS/c1-10-5-6-15(7-11(10)2)21-12(3)8-14(13(21)4)9-16-17(22)20-18(19)23-16/h5-9H,1-4H3,(H2,19,20,22)/b16-9-. The molecule has 3 rings (SSSR count). The number of amides is 1. The number of nitrogens with one attached hydrogen (secondary N) is 2. The Balaban J connectivity index is 2.06. The number of benzene rings is 1. The fourth-order valence-electron chi connectivity index (χ4n) is 2.78. The summed E-state index contributed by atoms with van der Waals surface area (Å²) in [5, 5.41) is 10.2. The highest BCUT2D eigenvalue weighted by Gasteiger charge is 2.23. The third-order valence-corrected chi connectivity index (χ3v) is 5.00. The van der Waals surface area contributed by atoms with Crippen molar-refractivity contribution in [3.05, 3.63) is 57.2 Å². The molecule has 0 bridgehead atoms. The first-order valence-corrected chi connectivity index (χ1v) is 8.24. The van der Waals surface area contributed by atoms with Crippen molar-refractivity contribution in [1.82, 2.24) is 9.88 Å². The Morgan fingerprint density at radius 2 is 1.87 bits per heavy atom. The Morgan fingerprint density at radius 3 is 2.48 bits per heavy atom. The van der Waals surface area contributed by atoms with Gasteiger partial charge in [0, 0.05) is 17.1 Å². The molecule has 1 aliphatic heterocycles. The quantitative estimate of drug-likeness (QED) is 0.824. The van der Waals surface area contributed by atoms with Crippen molar-refractivity contribution in [2.75, 3.05) is 0 Å². The lowest BCUT2D eigenvalue weighted by Crippen LogP contribution is -2.18. The maximum absolute atomic E-state index is 11.8. The normalized spacial score (nSPS) is 16.3. The van der Waals surface area contributed by atoms with Crippen molar-refractivity contribution in [1.29, 1.82) is 5.41 Å². The topological polar surface area (TPSA) is 57.9 Å². The molecule has 23 heavy (non-hydrogen) atoms. The van der Waals surface area contributed by atoms with Gasteiger partial charge in [-0.3, -0.25) is 10.2 Å². The van der Waals surface area contributed by atoms with Gasteiger partial charge in [-0.25, -0.2) is 0 Å². The van der Waals surface area contributed by atoms with Crippen LogP contribution in [0, 0.1) is 33.1 Å². The zero-order valence-electron chi connectivity index (χ0n) is 13.7. The molecule has 1 aliphatic rings. The fourth-order valence-corrected chi connectivity index (χ4v) is 3.47. The van der Waals surface area contributed by atoms with E-state index in [0.29, 0.717) is 4.91 Å². The third kappa shape index (κ3) is 2.84. The van der Waals surface area contributed by atoms with Crippen molar-refractivity contribution in [2.24, 2.45) is 0 Å². The molecule has 2 aromatic rings. The number of carbonyl (C=O) groups is 1. The number of rotatable bonds is 2. The van der Waals surface area contributed by atoms with Crippen LogP contribution in [0.25, 0.3) is 11.8 Å².